The summed E-state index contributed by atoms with van der Waals surface area (Å²) in [5, 5.41) is 0. The Bertz CT molecular complexity index is 1170. The predicted molar refractivity (Wildman–Crippen MR) is 120 cm³/mol. The average Bonchev–Trinajstić information content (AvgIpc) is 2.78. The molecule has 7 heteroatoms. The number of pyridine rings is 1. The molecular formula is C24H27N3O4. The topological polar surface area (TPSA) is 65.3 Å². The molecule has 2 aromatic heterocycles. The van der Waals surface area contributed by atoms with Gasteiger partial charge in [-0.2, -0.15) is 0 Å². The Hall–Kier alpha value is -3.32. The van der Waals surface area contributed by atoms with Crippen LogP contribution in [0.4, 0.5) is 0 Å². The Morgan fingerprint density at radius 1 is 1.03 bits per heavy atom. The zero-order chi connectivity index (χ0) is 22.0. The second kappa shape index (κ2) is 8.81. The molecule has 1 aliphatic heterocycles. The summed E-state index contributed by atoms with van der Waals surface area (Å²) in [7, 11) is 4.93. The fraction of sp³-hybridized carbons (Fsp3) is 0.333. The van der Waals surface area contributed by atoms with Crippen LogP contribution in [0.1, 0.15) is 23.2 Å². The Morgan fingerprint density at radius 3 is 2.39 bits per heavy atom. The molecule has 3 heterocycles. The van der Waals surface area contributed by atoms with E-state index in [-0.39, 0.29) is 5.56 Å². The van der Waals surface area contributed by atoms with Gasteiger partial charge in [0.25, 0.3) is 5.56 Å². The van der Waals surface area contributed by atoms with Crippen LogP contribution in [0.25, 0.3) is 11.2 Å². The predicted octanol–water partition coefficient (Wildman–Crippen LogP) is 3.32. The highest BCUT2D eigenvalue weighted by Crippen LogP contribution is 2.40. The maximum absolute atomic E-state index is 12.4. The van der Waals surface area contributed by atoms with E-state index in [1.165, 1.54) is 5.57 Å². The van der Waals surface area contributed by atoms with Crippen molar-refractivity contribution in [2.45, 2.75) is 19.9 Å². The van der Waals surface area contributed by atoms with Crippen LogP contribution in [0.2, 0.25) is 0 Å². The lowest BCUT2D eigenvalue weighted by molar-refractivity contribution is 0.289. The molecule has 0 unspecified atom stereocenters. The molecule has 0 amide bonds. The van der Waals surface area contributed by atoms with E-state index in [0.717, 1.165) is 47.8 Å². The van der Waals surface area contributed by atoms with Crippen molar-refractivity contribution in [2.24, 2.45) is 0 Å². The molecule has 0 bridgehead atoms. The summed E-state index contributed by atoms with van der Waals surface area (Å²) in [5.41, 5.74) is 4.63. The van der Waals surface area contributed by atoms with E-state index in [4.69, 9.17) is 14.2 Å². The monoisotopic (exact) mass is 421 g/mol. The van der Waals surface area contributed by atoms with Crippen molar-refractivity contribution in [1.29, 1.82) is 0 Å². The van der Waals surface area contributed by atoms with E-state index in [1.54, 1.807) is 38.0 Å². The molecule has 0 atom stereocenters. The first kappa shape index (κ1) is 20.9. The molecule has 0 radical (unpaired) electrons. The molecular weight excluding hydrogens is 394 g/mol. The van der Waals surface area contributed by atoms with Crippen LogP contribution in [-0.2, 0) is 6.54 Å². The number of hydrogen-bond acceptors (Lipinski definition) is 6. The van der Waals surface area contributed by atoms with Gasteiger partial charge in [-0.05, 0) is 36.6 Å². The fourth-order valence-corrected chi connectivity index (χ4v) is 3.97. The number of rotatable bonds is 6. The molecule has 3 aromatic rings. The van der Waals surface area contributed by atoms with Gasteiger partial charge in [0.2, 0.25) is 0 Å². The molecule has 0 spiro atoms. The van der Waals surface area contributed by atoms with E-state index in [9.17, 15) is 4.79 Å². The zero-order valence-corrected chi connectivity index (χ0v) is 18.3. The minimum absolute atomic E-state index is 0.0547. The van der Waals surface area contributed by atoms with Crippen molar-refractivity contribution in [1.82, 2.24) is 14.3 Å². The molecule has 7 nitrogen and oxygen atoms in total. The van der Waals surface area contributed by atoms with Gasteiger partial charge in [0, 0.05) is 44.0 Å². The lowest BCUT2D eigenvalue weighted by Gasteiger charge is -2.27. The average molecular weight is 421 g/mol. The smallest absolute Gasteiger partial charge is 0.258 e. The van der Waals surface area contributed by atoms with E-state index in [0.29, 0.717) is 17.9 Å². The Labute approximate surface area is 181 Å². The van der Waals surface area contributed by atoms with Gasteiger partial charge < -0.3 is 14.2 Å². The van der Waals surface area contributed by atoms with Crippen molar-refractivity contribution in [2.75, 3.05) is 34.4 Å². The molecule has 0 fully saturated rings. The highest BCUT2D eigenvalue weighted by Gasteiger charge is 2.21. The van der Waals surface area contributed by atoms with Gasteiger partial charge in [-0.1, -0.05) is 6.08 Å². The lowest BCUT2D eigenvalue weighted by atomic mass is 9.97. The third kappa shape index (κ3) is 4.27. The van der Waals surface area contributed by atoms with Gasteiger partial charge in [-0.15, -0.1) is 0 Å². The lowest BCUT2D eigenvalue weighted by Crippen LogP contribution is -2.29. The van der Waals surface area contributed by atoms with Crippen LogP contribution >= 0.6 is 0 Å². The number of fused-ring (bicyclic) bond motifs is 1. The summed E-state index contributed by atoms with van der Waals surface area (Å²) in [4.78, 5) is 19.4. The Morgan fingerprint density at radius 2 is 1.77 bits per heavy atom. The van der Waals surface area contributed by atoms with E-state index >= 15 is 0 Å². The maximum Gasteiger partial charge on any atom is 0.258 e. The highest BCUT2D eigenvalue weighted by atomic mass is 16.5. The largest absolute Gasteiger partial charge is 0.496 e. The number of nitrogens with zero attached hydrogens (tertiary/aromatic N) is 3. The van der Waals surface area contributed by atoms with Crippen LogP contribution in [0.3, 0.4) is 0 Å². The number of methoxy groups -OCH3 is 3. The van der Waals surface area contributed by atoms with Gasteiger partial charge in [0.05, 0.1) is 32.6 Å². The molecule has 1 aromatic carbocycles. The molecule has 31 heavy (non-hydrogen) atoms. The summed E-state index contributed by atoms with van der Waals surface area (Å²) in [5.74, 6) is 2.16. The number of ether oxygens (including phenoxy) is 3. The quantitative estimate of drug-likeness (QED) is 0.608. The molecule has 1 aliphatic rings. The maximum atomic E-state index is 12.4. The molecule has 0 aliphatic carbocycles. The van der Waals surface area contributed by atoms with E-state index in [1.807, 2.05) is 31.2 Å². The molecule has 162 valence electrons. The van der Waals surface area contributed by atoms with Crippen molar-refractivity contribution >= 4 is 11.2 Å². The van der Waals surface area contributed by atoms with Gasteiger partial charge in [-0.3, -0.25) is 14.1 Å². The molecule has 0 saturated carbocycles. The summed E-state index contributed by atoms with van der Waals surface area (Å²) in [6, 6.07) is 9.21. The second-order valence-corrected chi connectivity index (χ2v) is 7.64. The van der Waals surface area contributed by atoms with E-state index < -0.39 is 0 Å². The minimum atomic E-state index is -0.0547. The van der Waals surface area contributed by atoms with Gasteiger partial charge in [-0.25, -0.2) is 4.98 Å². The first-order valence-electron chi connectivity index (χ1n) is 10.2. The van der Waals surface area contributed by atoms with Crippen LogP contribution < -0.4 is 19.8 Å². The number of benzene rings is 1. The van der Waals surface area contributed by atoms with Crippen molar-refractivity contribution in [3.63, 3.8) is 0 Å². The molecule has 0 N–H and O–H groups in total. The number of aromatic nitrogens is 2. The van der Waals surface area contributed by atoms with Crippen LogP contribution in [0.15, 0.2) is 47.4 Å². The van der Waals surface area contributed by atoms with Gasteiger partial charge >= 0.3 is 0 Å². The first-order chi connectivity index (χ1) is 15.0. The summed E-state index contributed by atoms with van der Waals surface area (Å²) in [6.07, 6.45) is 4.80. The first-order valence-corrected chi connectivity index (χ1v) is 10.2. The SMILES string of the molecule is COc1cc(OC)c(C2=CCN(Cc3cc(=O)n4ccc(C)cc4n3)CC2)c(OC)c1. The Balaban J connectivity index is 1.57. The molecule has 0 saturated heterocycles. The number of hydrogen-bond donors (Lipinski definition) is 0. The van der Waals surface area contributed by atoms with Crippen molar-refractivity contribution in [3.8, 4) is 17.2 Å². The highest BCUT2D eigenvalue weighted by molar-refractivity contribution is 5.77. The number of aryl methyl sites for hydroxylation is 1. The van der Waals surface area contributed by atoms with Crippen LogP contribution in [0, 0.1) is 6.92 Å². The van der Waals surface area contributed by atoms with E-state index in [2.05, 4.69) is 16.0 Å². The summed E-state index contributed by atoms with van der Waals surface area (Å²) >= 11 is 0. The van der Waals surface area contributed by atoms with Crippen LogP contribution in [0.5, 0.6) is 17.2 Å². The minimum Gasteiger partial charge on any atom is -0.496 e. The van der Waals surface area contributed by atoms with Crippen molar-refractivity contribution in [3.05, 3.63) is 69.8 Å². The normalized spacial score (nSPS) is 14.4. The summed E-state index contributed by atoms with van der Waals surface area (Å²) in [6.45, 7) is 4.22. The fourth-order valence-electron chi connectivity index (χ4n) is 3.97. The van der Waals surface area contributed by atoms with Crippen LogP contribution in [-0.4, -0.2) is 48.7 Å². The molecule has 4 rings (SSSR count). The zero-order valence-electron chi connectivity index (χ0n) is 18.3. The standard InChI is InChI=1S/C24H27N3O4/c1-16-5-10-27-22(11-16)25-18(12-23(27)28)15-26-8-6-17(7-9-26)24-20(30-3)13-19(29-2)14-21(24)31-4/h5-6,10-14H,7-9,15H2,1-4H3. The second-order valence-electron chi connectivity index (χ2n) is 7.64. The third-order valence-electron chi connectivity index (χ3n) is 5.59. The Kier molecular flexibility index (Phi) is 5.95. The third-order valence-corrected chi connectivity index (χ3v) is 5.59. The van der Waals surface area contributed by atoms with Gasteiger partial charge in [0.1, 0.15) is 22.9 Å². The van der Waals surface area contributed by atoms with Gasteiger partial charge in [0.15, 0.2) is 0 Å². The summed E-state index contributed by atoms with van der Waals surface area (Å²) < 4.78 is 18.1. The van der Waals surface area contributed by atoms with Crippen molar-refractivity contribution < 1.29 is 14.2 Å².